The van der Waals surface area contributed by atoms with Gasteiger partial charge in [0.2, 0.25) is 5.91 Å². The van der Waals surface area contributed by atoms with Crippen molar-refractivity contribution < 1.29 is 18.0 Å². The summed E-state index contributed by atoms with van der Waals surface area (Å²) in [4.78, 5) is 18.8. The third kappa shape index (κ3) is 6.75. The number of halogens is 4. The number of carbonyl (C=O) groups is 1. The minimum Gasteiger partial charge on any atom is -0.352 e. The molecule has 3 rings (SSSR count). The fourth-order valence-electron chi connectivity index (χ4n) is 4.07. The number of hydrogen-bond donors (Lipinski definition) is 2. The van der Waals surface area contributed by atoms with E-state index in [0.717, 1.165) is 56.3 Å². The van der Waals surface area contributed by atoms with Crippen molar-refractivity contribution in [3.8, 4) is 0 Å². The molecule has 1 amide bonds. The topological polar surface area (TPSA) is 56.7 Å². The molecule has 1 aliphatic carbocycles. The van der Waals surface area contributed by atoms with E-state index in [1.54, 1.807) is 7.05 Å². The van der Waals surface area contributed by atoms with E-state index in [0.29, 0.717) is 19.0 Å². The van der Waals surface area contributed by atoms with Gasteiger partial charge in [-0.15, -0.1) is 24.0 Å². The Morgan fingerprint density at radius 1 is 1.13 bits per heavy atom. The number of guanidine groups is 1. The summed E-state index contributed by atoms with van der Waals surface area (Å²) in [5.74, 6) is 1.04. The minimum atomic E-state index is -4.33. The van der Waals surface area contributed by atoms with Crippen LogP contribution in [-0.4, -0.2) is 42.9 Å². The van der Waals surface area contributed by atoms with Crippen molar-refractivity contribution in [1.29, 1.82) is 0 Å². The van der Waals surface area contributed by atoms with Crippen LogP contribution in [0.1, 0.15) is 49.7 Å². The highest BCUT2D eigenvalue weighted by molar-refractivity contribution is 14.0. The number of nitrogens with one attached hydrogen (secondary N) is 2. The smallest absolute Gasteiger partial charge is 0.352 e. The second-order valence-electron chi connectivity index (χ2n) is 7.87. The van der Waals surface area contributed by atoms with Gasteiger partial charge in [0, 0.05) is 38.6 Å². The van der Waals surface area contributed by atoms with E-state index in [1.165, 1.54) is 18.6 Å². The second-order valence-corrected chi connectivity index (χ2v) is 7.87. The molecule has 9 heteroatoms. The lowest BCUT2D eigenvalue weighted by Gasteiger charge is -2.26. The van der Waals surface area contributed by atoms with Crippen LogP contribution in [0, 0.1) is 5.92 Å². The predicted molar refractivity (Wildman–Crippen MR) is 122 cm³/mol. The number of nitrogens with zero attached hydrogens (tertiary/aromatic N) is 2. The van der Waals surface area contributed by atoms with Crippen LogP contribution in [0.25, 0.3) is 0 Å². The molecule has 2 N–H and O–H groups in total. The van der Waals surface area contributed by atoms with Crippen LogP contribution in [0.15, 0.2) is 29.3 Å². The first-order chi connectivity index (χ1) is 13.9. The number of amides is 1. The molecule has 0 spiro atoms. The van der Waals surface area contributed by atoms with Crippen molar-refractivity contribution in [3.05, 3.63) is 35.4 Å². The first-order valence-corrected chi connectivity index (χ1v) is 10.3. The molecule has 0 radical (unpaired) electrons. The van der Waals surface area contributed by atoms with Gasteiger partial charge in [-0.3, -0.25) is 9.79 Å². The molecule has 30 heavy (non-hydrogen) atoms. The summed E-state index contributed by atoms with van der Waals surface area (Å²) in [7, 11) is 1.65. The van der Waals surface area contributed by atoms with E-state index >= 15 is 0 Å². The summed E-state index contributed by atoms with van der Waals surface area (Å²) in [5, 5.41) is 6.46. The summed E-state index contributed by atoms with van der Waals surface area (Å²) < 4.78 is 38.0. The number of likely N-dealkylation sites (tertiary alicyclic amines) is 1. The van der Waals surface area contributed by atoms with E-state index in [1.807, 2.05) is 4.90 Å². The van der Waals surface area contributed by atoms with Gasteiger partial charge in [0.25, 0.3) is 0 Å². The zero-order chi connectivity index (χ0) is 20.9. The SMILES string of the molecule is CN=C(NCc1ccc(C(F)(F)F)cc1)NC1CCN(C(=O)C2CCCCC2)C1.I. The van der Waals surface area contributed by atoms with E-state index in [-0.39, 0.29) is 41.8 Å². The van der Waals surface area contributed by atoms with Gasteiger partial charge in [0.15, 0.2) is 5.96 Å². The van der Waals surface area contributed by atoms with Gasteiger partial charge < -0.3 is 15.5 Å². The fraction of sp³-hybridized carbons (Fsp3) is 0.619. The molecule has 1 atom stereocenters. The van der Waals surface area contributed by atoms with Gasteiger partial charge in [-0.2, -0.15) is 13.2 Å². The average molecular weight is 538 g/mol. The quantitative estimate of drug-likeness (QED) is 0.344. The maximum atomic E-state index is 12.7. The third-order valence-corrected chi connectivity index (χ3v) is 5.76. The summed E-state index contributed by atoms with van der Waals surface area (Å²) in [6.07, 6.45) is 2.06. The highest BCUT2D eigenvalue weighted by atomic mass is 127. The molecule has 1 saturated heterocycles. The molecule has 2 aliphatic rings. The average Bonchev–Trinajstić information content (AvgIpc) is 3.19. The van der Waals surface area contributed by atoms with Crippen molar-refractivity contribution in [3.63, 3.8) is 0 Å². The minimum absolute atomic E-state index is 0. The maximum Gasteiger partial charge on any atom is 0.416 e. The van der Waals surface area contributed by atoms with Crippen LogP contribution in [0.2, 0.25) is 0 Å². The normalized spacial score (nSPS) is 20.6. The highest BCUT2D eigenvalue weighted by Gasteiger charge is 2.32. The lowest BCUT2D eigenvalue weighted by molar-refractivity contribution is -0.137. The number of alkyl halides is 3. The summed E-state index contributed by atoms with van der Waals surface area (Å²) in [6.45, 7) is 1.79. The Hall–Kier alpha value is -1.52. The molecule has 5 nitrogen and oxygen atoms in total. The van der Waals surface area contributed by atoms with Crippen LogP contribution in [-0.2, 0) is 17.5 Å². The van der Waals surface area contributed by atoms with Crippen LogP contribution < -0.4 is 10.6 Å². The number of benzene rings is 1. The van der Waals surface area contributed by atoms with Crippen LogP contribution in [0.4, 0.5) is 13.2 Å². The molecule has 1 saturated carbocycles. The van der Waals surface area contributed by atoms with Gasteiger partial charge in [-0.05, 0) is 37.0 Å². The van der Waals surface area contributed by atoms with Gasteiger partial charge in [0.05, 0.1) is 5.56 Å². The van der Waals surface area contributed by atoms with Gasteiger partial charge in [-0.25, -0.2) is 0 Å². The standard InChI is InChI=1S/C21H29F3N4O.HI/c1-25-20(26-13-15-7-9-17(10-8-15)21(22,23)24)27-18-11-12-28(14-18)19(29)16-5-3-2-4-6-16;/h7-10,16,18H,2-6,11-14H2,1H3,(H2,25,26,27);1H. The second kappa shape index (κ2) is 11.2. The molecular weight excluding hydrogens is 508 g/mol. The third-order valence-electron chi connectivity index (χ3n) is 5.76. The van der Waals surface area contributed by atoms with E-state index in [2.05, 4.69) is 15.6 Å². The summed E-state index contributed by atoms with van der Waals surface area (Å²) in [6, 6.07) is 5.21. The molecule has 0 aromatic heterocycles. The van der Waals surface area contributed by atoms with Crippen LogP contribution in [0.5, 0.6) is 0 Å². The zero-order valence-corrected chi connectivity index (χ0v) is 19.5. The fourth-order valence-corrected chi connectivity index (χ4v) is 4.07. The van der Waals surface area contributed by atoms with E-state index in [4.69, 9.17) is 0 Å². The largest absolute Gasteiger partial charge is 0.416 e. The first kappa shape index (κ1) is 24.7. The van der Waals surface area contributed by atoms with E-state index < -0.39 is 11.7 Å². The lowest BCUT2D eigenvalue weighted by Crippen LogP contribution is -2.45. The van der Waals surface area contributed by atoms with E-state index in [9.17, 15) is 18.0 Å². The Bertz CT molecular complexity index is 718. The molecule has 1 unspecified atom stereocenters. The molecule has 1 aromatic rings. The Labute approximate surface area is 192 Å². The Morgan fingerprint density at radius 3 is 2.40 bits per heavy atom. The number of rotatable bonds is 4. The first-order valence-electron chi connectivity index (χ1n) is 10.3. The molecule has 168 valence electrons. The van der Waals surface area contributed by atoms with Gasteiger partial charge in [-0.1, -0.05) is 31.4 Å². The lowest BCUT2D eigenvalue weighted by atomic mass is 9.88. The molecule has 0 bridgehead atoms. The monoisotopic (exact) mass is 538 g/mol. The highest BCUT2D eigenvalue weighted by Crippen LogP contribution is 2.29. The molecule has 1 heterocycles. The summed E-state index contributed by atoms with van der Waals surface area (Å²) in [5.41, 5.74) is 0.0823. The van der Waals surface area contributed by atoms with Crippen molar-refractivity contribution in [2.45, 2.75) is 57.3 Å². The van der Waals surface area contributed by atoms with Crippen molar-refractivity contribution in [2.24, 2.45) is 10.9 Å². The Kier molecular flexibility index (Phi) is 9.24. The number of hydrogen-bond acceptors (Lipinski definition) is 2. The molecule has 2 fully saturated rings. The van der Waals surface area contributed by atoms with Crippen molar-refractivity contribution >= 4 is 35.8 Å². The molecular formula is C21H30F3IN4O. The Morgan fingerprint density at radius 2 is 1.80 bits per heavy atom. The van der Waals surface area contributed by atoms with Gasteiger partial charge >= 0.3 is 6.18 Å². The maximum absolute atomic E-state index is 12.7. The van der Waals surface area contributed by atoms with Crippen LogP contribution >= 0.6 is 24.0 Å². The molecule has 1 aliphatic heterocycles. The summed E-state index contributed by atoms with van der Waals surface area (Å²) >= 11 is 0. The number of aliphatic imine (C=N–C) groups is 1. The Balaban J connectivity index is 0.00000320. The number of carbonyl (C=O) groups excluding carboxylic acids is 1. The predicted octanol–water partition coefficient (Wildman–Crippen LogP) is 4.17. The van der Waals surface area contributed by atoms with Gasteiger partial charge in [0.1, 0.15) is 0 Å². The van der Waals surface area contributed by atoms with Crippen LogP contribution in [0.3, 0.4) is 0 Å². The molecule has 1 aromatic carbocycles. The zero-order valence-electron chi connectivity index (χ0n) is 17.2. The van der Waals surface area contributed by atoms with Crippen molar-refractivity contribution in [1.82, 2.24) is 15.5 Å². The van der Waals surface area contributed by atoms with Crippen molar-refractivity contribution in [2.75, 3.05) is 20.1 Å².